The Balaban J connectivity index is 3.54. The lowest BCUT2D eigenvalue weighted by molar-refractivity contribution is -0.138. The predicted molar refractivity (Wildman–Crippen MR) is 57.4 cm³/mol. The molecule has 0 N–H and O–H groups in total. The fraction of sp³-hybridized carbons (Fsp3) is 0.417. The highest BCUT2D eigenvalue weighted by Crippen LogP contribution is 2.38. The number of Topliss-reactive ketones (excluding diaryl/α,β-unsaturated/α-hetero) is 1. The van der Waals surface area contributed by atoms with Crippen LogP contribution in [0.5, 0.6) is 5.75 Å². The number of carbonyl (C=O) groups is 1. The lowest BCUT2D eigenvalue weighted by Gasteiger charge is -2.17. The Kier molecular flexibility index (Phi) is 3.80. The van der Waals surface area contributed by atoms with Gasteiger partial charge < -0.3 is 4.74 Å². The molecule has 0 spiro atoms. The van der Waals surface area contributed by atoms with Gasteiger partial charge >= 0.3 is 6.18 Å². The van der Waals surface area contributed by atoms with Crippen molar-refractivity contribution in [2.24, 2.45) is 0 Å². The van der Waals surface area contributed by atoms with Crippen molar-refractivity contribution in [2.75, 3.05) is 7.11 Å². The summed E-state index contributed by atoms with van der Waals surface area (Å²) in [6.07, 6.45) is -4.28. The number of ketones is 1. The SMILES string of the molecule is CCc1c(C(F)(F)F)ccc(C(C)=O)c1OC. The van der Waals surface area contributed by atoms with E-state index >= 15 is 0 Å². The number of alkyl halides is 3. The van der Waals surface area contributed by atoms with Crippen LogP contribution in [0.15, 0.2) is 12.1 Å². The van der Waals surface area contributed by atoms with E-state index < -0.39 is 11.7 Å². The average Bonchev–Trinajstić information content (AvgIpc) is 2.25. The summed E-state index contributed by atoms with van der Waals surface area (Å²) in [6, 6.07) is 2.08. The summed E-state index contributed by atoms with van der Waals surface area (Å²) < 4.78 is 43.2. The fourth-order valence-corrected chi connectivity index (χ4v) is 1.75. The Labute approximate surface area is 97.4 Å². The number of ether oxygens (including phenoxy) is 1. The third-order valence-electron chi connectivity index (χ3n) is 2.50. The molecule has 0 bridgehead atoms. The summed E-state index contributed by atoms with van der Waals surface area (Å²) in [5, 5.41) is 0. The molecule has 17 heavy (non-hydrogen) atoms. The Morgan fingerprint density at radius 3 is 2.29 bits per heavy atom. The maximum atomic E-state index is 12.7. The first kappa shape index (κ1) is 13.5. The van der Waals surface area contributed by atoms with Crippen LogP contribution in [0.2, 0.25) is 0 Å². The second kappa shape index (κ2) is 4.77. The lowest BCUT2D eigenvalue weighted by atomic mass is 9.98. The van der Waals surface area contributed by atoms with Gasteiger partial charge in [-0.3, -0.25) is 4.79 Å². The van der Waals surface area contributed by atoms with E-state index in [4.69, 9.17) is 4.74 Å². The van der Waals surface area contributed by atoms with Crippen LogP contribution in [0.3, 0.4) is 0 Å². The summed E-state index contributed by atoms with van der Waals surface area (Å²) in [4.78, 5) is 11.3. The molecular weight excluding hydrogens is 233 g/mol. The van der Waals surface area contributed by atoms with Gasteiger partial charge in [0.05, 0.1) is 18.2 Å². The molecule has 0 saturated heterocycles. The van der Waals surface area contributed by atoms with E-state index in [1.165, 1.54) is 14.0 Å². The Morgan fingerprint density at radius 1 is 1.35 bits per heavy atom. The van der Waals surface area contributed by atoms with Crippen LogP contribution in [0.25, 0.3) is 0 Å². The van der Waals surface area contributed by atoms with Crippen molar-refractivity contribution in [1.82, 2.24) is 0 Å². The molecule has 0 atom stereocenters. The van der Waals surface area contributed by atoms with Gasteiger partial charge in [0.25, 0.3) is 0 Å². The number of rotatable bonds is 3. The third-order valence-corrected chi connectivity index (χ3v) is 2.50. The molecule has 0 unspecified atom stereocenters. The normalized spacial score (nSPS) is 11.4. The Bertz CT molecular complexity index is 436. The van der Waals surface area contributed by atoms with Crippen LogP contribution in [0.4, 0.5) is 13.2 Å². The van der Waals surface area contributed by atoms with Crippen LogP contribution >= 0.6 is 0 Å². The first-order valence-electron chi connectivity index (χ1n) is 5.10. The summed E-state index contributed by atoms with van der Waals surface area (Å²) in [5.74, 6) is -0.292. The molecule has 0 heterocycles. The summed E-state index contributed by atoms with van der Waals surface area (Å²) >= 11 is 0. The van der Waals surface area contributed by atoms with E-state index in [-0.39, 0.29) is 29.1 Å². The molecule has 2 nitrogen and oxygen atoms in total. The van der Waals surface area contributed by atoms with Crippen molar-refractivity contribution in [1.29, 1.82) is 0 Å². The van der Waals surface area contributed by atoms with Gasteiger partial charge in [-0.15, -0.1) is 0 Å². The molecule has 0 saturated carbocycles. The smallest absolute Gasteiger partial charge is 0.416 e. The van der Waals surface area contributed by atoms with Crippen LogP contribution in [0, 0.1) is 0 Å². The minimum atomic E-state index is -4.44. The topological polar surface area (TPSA) is 26.3 Å². The number of benzene rings is 1. The maximum absolute atomic E-state index is 12.7. The molecule has 1 aromatic carbocycles. The van der Waals surface area contributed by atoms with E-state index in [0.717, 1.165) is 12.1 Å². The first-order chi connectivity index (χ1) is 7.82. The number of carbonyl (C=O) groups excluding carboxylic acids is 1. The molecule has 0 aromatic heterocycles. The maximum Gasteiger partial charge on any atom is 0.416 e. The van der Waals surface area contributed by atoms with Gasteiger partial charge in [0.2, 0.25) is 0 Å². The molecule has 0 amide bonds. The number of halogens is 3. The summed E-state index contributed by atoms with van der Waals surface area (Å²) in [6.45, 7) is 2.89. The van der Waals surface area contributed by atoms with Crippen LogP contribution < -0.4 is 4.74 Å². The first-order valence-corrected chi connectivity index (χ1v) is 5.10. The monoisotopic (exact) mass is 246 g/mol. The van der Waals surface area contributed by atoms with E-state index in [1.807, 2.05) is 0 Å². The van der Waals surface area contributed by atoms with E-state index in [0.29, 0.717) is 0 Å². The molecule has 1 aromatic rings. The predicted octanol–water partition coefficient (Wildman–Crippen LogP) is 3.48. The summed E-state index contributed by atoms with van der Waals surface area (Å²) in [7, 11) is 1.26. The zero-order chi connectivity index (χ0) is 13.2. The van der Waals surface area contributed by atoms with Gasteiger partial charge in [-0.25, -0.2) is 0 Å². The Hall–Kier alpha value is -1.52. The van der Waals surface area contributed by atoms with Crippen molar-refractivity contribution < 1.29 is 22.7 Å². The molecular formula is C12H13F3O2. The molecule has 0 aliphatic heterocycles. The van der Waals surface area contributed by atoms with Gasteiger partial charge in [-0.1, -0.05) is 6.92 Å². The highest BCUT2D eigenvalue weighted by atomic mass is 19.4. The minimum Gasteiger partial charge on any atom is -0.496 e. The van der Waals surface area contributed by atoms with Gasteiger partial charge in [0, 0.05) is 5.56 Å². The summed E-state index contributed by atoms with van der Waals surface area (Å²) in [5.41, 5.74) is -0.549. The van der Waals surface area contributed by atoms with Gasteiger partial charge in [-0.2, -0.15) is 13.2 Å². The molecule has 0 aliphatic rings. The van der Waals surface area contributed by atoms with E-state index in [9.17, 15) is 18.0 Å². The van der Waals surface area contributed by atoms with Gasteiger partial charge in [0.15, 0.2) is 5.78 Å². The van der Waals surface area contributed by atoms with Crippen LogP contribution in [0.1, 0.15) is 35.3 Å². The van der Waals surface area contributed by atoms with Crippen LogP contribution in [-0.4, -0.2) is 12.9 Å². The second-order valence-electron chi connectivity index (χ2n) is 3.58. The van der Waals surface area contributed by atoms with Crippen LogP contribution in [-0.2, 0) is 12.6 Å². The number of methoxy groups -OCH3 is 1. The zero-order valence-electron chi connectivity index (χ0n) is 9.81. The molecule has 94 valence electrons. The van der Waals surface area contributed by atoms with Crippen molar-refractivity contribution in [3.05, 3.63) is 28.8 Å². The second-order valence-corrected chi connectivity index (χ2v) is 3.58. The highest BCUT2D eigenvalue weighted by Gasteiger charge is 2.35. The van der Waals surface area contributed by atoms with E-state index in [1.54, 1.807) is 6.92 Å². The molecule has 1 rings (SSSR count). The fourth-order valence-electron chi connectivity index (χ4n) is 1.75. The molecule has 0 fully saturated rings. The van der Waals surface area contributed by atoms with E-state index in [2.05, 4.69) is 0 Å². The number of hydrogen-bond acceptors (Lipinski definition) is 2. The Morgan fingerprint density at radius 2 is 1.94 bits per heavy atom. The quantitative estimate of drug-likeness (QED) is 0.763. The third kappa shape index (κ3) is 2.60. The van der Waals surface area contributed by atoms with Gasteiger partial charge in [-0.05, 0) is 25.5 Å². The van der Waals surface area contributed by atoms with Crippen molar-refractivity contribution in [3.63, 3.8) is 0 Å². The molecule has 0 radical (unpaired) electrons. The molecule has 0 aliphatic carbocycles. The highest BCUT2D eigenvalue weighted by molar-refractivity contribution is 5.97. The number of hydrogen-bond donors (Lipinski definition) is 0. The average molecular weight is 246 g/mol. The van der Waals surface area contributed by atoms with Crippen molar-refractivity contribution in [2.45, 2.75) is 26.4 Å². The zero-order valence-corrected chi connectivity index (χ0v) is 9.81. The molecule has 5 heteroatoms. The van der Waals surface area contributed by atoms with Gasteiger partial charge in [0.1, 0.15) is 5.75 Å². The van der Waals surface area contributed by atoms with Crippen molar-refractivity contribution in [3.8, 4) is 5.75 Å². The van der Waals surface area contributed by atoms with Crippen molar-refractivity contribution >= 4 is 5.78 Å². The minimum absolute atomic E-state index is 0.0210. The standard InChI is InChI=1S/C12H13F3O2/c1-4-8-10(12(13,14)15)6-5-9(7(2)16)11(8)17-3/h5-6H,4H2,1-3H3. The lowest BCUT2D eigenvalue weighted by Crippen LogP contribution is -2.12. The largest absolute Gasteiger partial charge is 0.496 e.